The van der Waals surface area contributed by atoms with Crippen LogP contribution in [-0.4, -0.2) is 12.5 Å². The zero-order chi connectivity index (χ0) is 16.1. The summed E-state index contributed by atoms with van der Waals surface area (Å²) in [5.41, 5.74) is 2.92. The SMILES string of the molecule is Cc1ccc(C)c(OCC(=O)N[C@@H](C)c2ccc(F)cc2)c1. The maximum absolute atomic E-state index is 12.9. The van der Waals surface area contributed by atoms with E-state index in [4.69, 9.17) is 4.74 Å². The number of carbonyl (C=O) groups is 1. The second kappa shape index (κ2) is 7.07. The number of hydrogen-bond acceptors (Lipinski definition) is 2. The van der Waals surface area contributed by atoms with Gasteiger partial charge < -0.3 is 10.1 Å². The lowest BCUT2D eigenvalue weighted by Crippen LogP contribution is -2.31. The van der Waals surface area contributed by atoms with E-state index < -0.39 is 0 Å². The van der Waals surface area contributed by atoms with Crippen LogP contribution in [0.1, 0.15) is 29.7 Å². The number of halogens is 1. The summed E-state index contributed by atoms with van der Waals surface area (Å²) in [4.78, 5) is 12.0. The summed E-state index contributed by atoms with van der Waals surface area (Å²) in [5, 5.41) is 2.83. The third-order valence-electron chi connectivity index (χ3n) is 3.45. The molecule has 0 aliphatic rings. The number of nitrogens with one attached hydrogen (secondary N) is 1. The second-order valence-corrected chi connectivity index (χ2v) is 5.40. The summed E-state index contributed by atoms with van der Waals surface area (Å²) >= 11 is 0. The summed E-state index contributed by atoms with van der Waals surface area (Å²) in [5.74, 6) is 0.211. The van der Waals surface area contributed by atoms with Gasteiger partial charge in [0.1, 0.15) is 11.6 Å². The lowest BCUT2D eigenvalue weighted by molar-refractivity contribution is -0.123. The lowest BCUT2D eigenvalue weighted by Gasteiger charge is -2.15. The number of rotatable bonds is 5. The average molecular weight is 301 g/mol. The van der Waals surface area contributed by atoms with E-state index in [1.807, 2.05) is 39.0 Å². The average Bonchev–Trinajstić information content (AvgIpc) is 2.49. The van der Waals surface area contributed by atoms with Crippen molar-refractivity contribution >= 4 is 5.91 Å². The van der Waals surface area contributed by atoms with E-state index in [-0.39, 0.29) is 24.4 Å². The summed E-state index contributed by atoms with van der Waals surface area (Å²) in [6.45, 7) is 5.72. The minimum absolute atomic E-state index is 0.0458. The second-order valence-electron chi connectivity index (χ2n) is 5.40. The minimum Gasteiger partial charge on any atom is -0.483 e. The standard InChI is InChI=1S/C18H20FNO2/c1-12-4-5-13(2)17(10-12)22-11-18(21)20-14(3)15-6-8-16(19)9-7-15/h4-10,14H,11H2,1-3H3,(H,20,21)/t14-/m0/s1. The molecule has 0 aromatic heterocycles. The number of benzene rings is 2. The van der Waals surface area contributed by atoms with Crippen LogP contribution in [0.2, 0.25) is 0 Å². The minimum atomic E-state index is -0.291. The first kappa shape index (κ1) is 16.0. The Morgan fingerprint density at radius 1 is 1.18 bits per heavy atom. The summed E-state index contributed by atoms with van der Waals surface area (Å²) in [6, 6.07) is 11.7. The summed E-state index contributed by atoms with van der Waals surface area (Å²) in [7, 11) is 0. The van der Waals surface area contributed by atoms with E-state index in [2.05, 4.69) is 5.32 Å². The smallest absolute Gasteiger partial charge is 0.258 e. The van der Waals surface area contributed by atoms with Gasteiger partial charge in [-0.3, -0.25) is 4.79 Å². The van der Waals surface area contributed by atoms with Crippen LogP contribution in [0, 0.1) is 19.7 Å². The Morgan fingerprint density at radius 2 is 1.86 bits per heavy atom. The molecule has 1 amide bonds. The molecule has 0 fully saturated rings. The highest BCUT2D eigenvalue weighted by molar-refractivity contribution is 5.78. The highest BCUT2D eigenvalue weighted by atomic mass is 19.1. The molecule has 22 heavy (non-hydrogen) atoms. The number of carbonyl (C=O) groups excluding carboxylic acids is 1. The Kier molecular flexibility index (Phi) is 5.15. The van der Waals surface area contributed by atoms with Crippen LogP contribution < -0.4 is 10.1 Å². The van der Waals surface area contributed by atoms with E-state index >= 15 is 0 Å². The van der Waals surface area contributed by atoms with Gasteiger partial charge in [-0.2, -0.15) is 0 Å². The molecule has 0 aliphatic carbocycles. The van der Waals surface area contributed by atoms with Crippen molar-refractivity contribution in [1.82, 2.24) is 5.32 Å². The highest BCUT2D eigenvalue weighted by Crippen LogP contribution is 2.19. The third-order valence-corrected chi connectivity index (χ3v) is 3.45. The fourth-order valence-electron chi connectivity index (χ4n) is 2.12. The Hall–Kier alpha value is -2.36. The predicted molar refractivity (Wildman–Crippen MR) is 84.4 cm³/mol. The van der Waals surface area contributed by atoms with Gasteiger partial charge in [0.25, 0.3) is 5.91 Å². The van der Waals surface area contributed by atoms with Crippen LogP contribution >= 0.6 is 0 Å². The first-order valence-corrected chi connectivity index (χ1v) is 7.20. The molecule has 0 bridgehead atoms. The first-order valence-electron chi connectivity index (χ1n) is 7.20. The molecule has 0 heterocycles. The van der Waals surface area contributed by atoms with Crippen molar-refractivity contribution < 1.29 is 13.9 Å². The summed E-state index contributed by atoms with van der Waals surface area (Å²) < 4.78 is 18.4. The molecule has 1 atom stereocenters. The van der Waals surface area contributed by atoms with Gasteiger partial charge in [0, 0.05) is 0 Å². The molecule has 0 spiro atoms. The van der Waals surface area contributed by atoms with Crippen molar-refractivity contribution in [2.45, 2.75) is 26.8 Å². The number of hydrogen-bond donors (Lipinski definition) is 1. The zero-order valence-corrected chi connectivity index (χ0v) is 13.0. The largest absolute Gasteiger partial charge is 0.483 e. The fourth-order valence-corrected chi connectivity index (χ4v) is 2.12. The maximum atomic E-state index is 12.9. The Bertz CT molecular complexity index is 653. The molecule has 116 valence electrons. The molecule has 3 nitrogen and oxygen atoms in total. The molecule has 0 unspecified atom stereocenters. The van der Waals surface area contributed by atoms with Gasteiger partial charge in [-0.1, -0.05) is 24.3 Å². The van der Waals surface area contributed by atoms with E-state index in [0.717, 1.165) is 16.7 Å². The van der Waals surface area contributed by atoms with Crippen LogP contribution in [-0.2, 0) is 4.79 Å². The van der Waals surface area contributed by atoms with E-state index in [1.54, 1.807) is 12.1 Å². The highest BCUT2D eigenvalue weighted by Gasteiger charge is 2.11. The first-order chi connectivity index (χ1) is 10.5. The predicted octanol–water partition coefficient (Wildman–Crippen LogP) is 3.70. The number of ether oxygens (including phenoxy) is 1. The zero-order valence-electron chi connectivity index (χ0n) is 13.0. The molecule has 4 heteroatoms. The van der Waals surface area contributed by atoms with E-state index in [0.29, 0.717) is 5.75 Å². The number of amides is 1. The molecule has 2 aromatic carbocycles. The number of aryl methyl sites for hydroxylation is 2. The van der Waals surface area contributed by atoms with Gasteiger partial charge in [-0.15, -0.1) is 0 Å². The van der Waals surface area contributed by atoms with Crippen LogP contribution in [0.3, 0.4) is 0 Å². The van der Waals surface area contributed by atoms with Crippen LogP contribution in [0.15, 0.2) is 42.5 Å². The van der Waals surface area contributed by atoms with Gasteiger partial charge in [0.05, 0.1) is 6.04 Å². The Morgan fingerprint density at radius 3 is 2.55 bits per heavy atom. The topological polar surface area (TPSA) is 38.3 Å². The molecule has 2 aromatic rings. The van der Waals surface area contributed by atoms with Crippen molar-refractivity contribution in [2.24, 2.45) is 0 Å². The quantitative estimate of drug-likeness (QED) is 0.914. The van der Waals surface area contributed by atoms with Gasteiger partial charge >= 0.3 is 0 Å². The Labute approximate surface area is 130 Å². The molecule has 0 saturated heterocycles. The van der Waals surface area contributed by atoms with Crippen LogP contribution in [0.25, 0.3) is 0 Å². The van der Waals surface area contributed by atoms with Crippen molar-refractivity contribution in [1.29, 1.82) is 0 Å². The molecule has 0 radical (unpaired) electrons. The fraction of sp³-hybridized carbons (Fsp3) is 0.278. The third kappa shape index (κ3) is 4.32. The van der Waals surface area contributed by atoms with Gasteiger partial charge in [-0.25, -0.2) is 4.39 Å². The van der Waals surface area contributed by atoms with Crippen molar-refractivity contribution in [2.75, 3.05) is 6.61 Å². The normalized spacial score (nSPS) is 11.8. The van der Waals surface area contributed by atoms with Crippen LogP contribution in [0.4, 0.5) is 4.39 Å². The van der Waals surface area contributed by atoms with Crippen LogP contribution in [0.5, 0.6) is 5.75 Å². The molecule has 0 saturated carbocycles. The van der Waals surface area contributed by atoms with Gasteiger partial charge in [0.2, 0.25) is 0 Å². The van der Waals surface area contributed by atoms with Crippen molar-refractivity contribution in [3.63, 3.8) is 0 Å². The molecule has 0 aliphatic heterocycles. The summed E-state index contributed by atoms with van der Waals surface area (Å²) in [6.07, 6.45) is 0. The Balaban J connectivity index is 1.90. The van der Waals surface area contributed by atoms with Gasteiger partial charge in [0.15, 0.2) is 6.61 Å². The van der Waals surface area contributed by atoms with Crippen molar-refractivity contribution in [3.05, 3.63) is 65.0 Å². The van der Waals surface area contributed by atoms with E-state index in [9.17, 15) is 9.18 Å². The lowest BCUT2D eigenvalue weighted by atomic mass is 10.1. The molecule has 2 rings (SSSR count). The molecule has 1 N–H and O–H groups in total. The molecular formula is C18H20FNO2. The van der Waals surface area contributed by atoms with Crippen molar-refractivity contribution in [3.8, 4) is 5.75 Å². The monoisotopic (exact) mass is 301 g/mol. The molecular weight excluding hydrogens is 281 g/mol. The van der Waals surface area contributed by atoms with E-state index in [1.165, 1.54) is 12.1 Å². The maximum Gasteiger partial charge on any atom is 0.258 e. The van der Waals surface area contributed by atoms with Gasteiger partial charge in [-0.05, 0) is 55.7 Å².